The molecule has 2 aromatic carbocycles. The lowest BCUT2D eigenvalue weighted by atomic mass is 10.00. The summed E-state index contributed by atoms with van der Waals surface area (Å²) < 4.78 is 18.6. The number of ether oxygens (including phenoxy) is 1. The molecule has 1 unspecified atom stereocenters. The highest BCUT2D eigenvalue weighted by Crippen LogP contribution is 2.26. The Kier molecular flexibility index (Phi) is 4.48. The third kappa shape index (κ3) is 3.03. The maximum atomic E-state index is 13.9. The van der Waals surface area contributed by atoms with Gasteiger partial charge in [0.05, 0.1) is 6.61 Å². The highest BCUT2D eigenvalue weighted by atomic mass is 19.1. The molecule has 0 saturated heterocycles. The summed E-state index contributed by atoms with van der Waals surface area (Å²) in [5.41, 5.74) is 1.33. The number of carbonyl (C=O) groups excluding carboxylic acids is 1. The van der Waals surface area contributed by atoms with E-state index in [9.17, 15) is 14.3 Å². The number of aliphatic hydroxyl groups is 1. The number of hydrogen-bond donors (Lipinski definition) is 1. The van der Waals surface area contributed by atoms with Gasteiger partial charge in [0, 0.05) is 5.56 Å². The molecule has 1 N–H and O–H groups in total. The van der Waals surface area contributed by atoms with Crippen LogP contribution in [0.4, 0.5) is 4.39 Å². The average Bonchev–Trinajstić information content (AvgIpc) is 2.48. The molecular weight excluding hydrogens is 259 g/mol. The summed E-state index contributed by atoms with van der Waals surface area (Å²) in [4.78, 5) is 11.5. The van der Waals surface area contributed by atoms with Gasteiger partial charge >= 0.3 is 5.97 Å². The van der Waals surface area contributed by atoms with Crippen LogP contribution < -0.4 is 0 Å². The Bertz CT molecular complexity index is 596. The topological polar surface area (TPSA) is 46.5 Å². The van der Waals surface area contributed by atoms with Crippen molar-refractivity contribution in [3.8, 4) is 11.1 Å². The molecule has 2 rings (SSSR count). The number of halogens is 1. The lowest BCUT2D eigenvalue weighted by Crippen LogP contribution is -2.15. The highest BCUT2D eigenvalue weighted by molar-refractivity contribution is 5.77. The van der Waals surface area contributed by atoms with Crippen LogP contribution in [0.15, 0.2) is 48.5 Å². The Morgan fingerprint density at radius 3 is 2.60 bits per heavy atom. The molecule has 1 atom stereocenters. The molecule has 20 heavy (non-hydrogen) atoms. The first-order chi connectivity index (χ1) is 9.63. The molecule has 0 bridgehead atoms. The number of hydrogen-bond acceptors (Lipinski definition) is 3. The summed E-state index contributed by atoms with van der Waals surface area (Å²) in [6.07, 6.45) is -1.40. The molecule has 0 spiro atoms. The van der Waals surface area contributed by atoms with Crippen molar-refractivity contribution in [3.05, 3.63) is 59.9 Å². The van der Waals surface area contributed by atoms with Crippen LogP contribution >= 0.6 is 0 Å². The van der Waals surface area contributed by atoms with E-state index in [1.54, 1.807) is 31.2 Å². The molecule has 0 aliphatic rings. The number of esters is 1. The molecule has 0 heterocycles. The third-order valence-electron chi connectivity index (χ3n) is 2.90. The van der Waals surface area contributed by atoms with Gasteiger partial charge in [-0.2, -0.15) is 0 Å². The van der Waals surface area contributed by atoms with E-state index >= 15 is 0 Å². The Balaban J connectivity index is 2.36. The first-order valence-electron chi connectivity index (χ1n) is 6.33. The standard InChI is InChI=1S/C16H15FO3/c1-2-20-16(19)15(18)12-8-9-14(17)13(10-12)11-6-4-3-5-7-11/h3-10,15,18H,2H2,1H3. The zero-order valence-corrected chi connectivity index (χ0v) is 11.0. The minimum absolute atomic E-state index is 0.183. The maximum Gasteiger partial charge on any atom is 0.339 e. The second kappa shape index (κ2) is 6.30. The average molecular weight is 274 g/mol. The van der Waals surface area contributed by atoms with Crippen LogP contribution in [-0.4, -0.2) is 17.7 Å². The van der Waals surface area contributed by atoms with Gasteiger partial charge in [-0.1, -0.05) is 36.4 Å². The molecule has 0 aliphatic carbocycles. The van der Waals surface area contributed by atoms with Crippen molar-refractivity contribution in [3.63, 3.8) is 0 Å². The fraction of sp³-hybridized carbons (Fsp3) is 0.188. The van der Waals surface area contributed by atoms with Gasteiger partial charge in [0.25, 0.3) is 0 Å². The summed E-state index contributed by atoms with van der Waals surface area (Å²) in [5, 5.41) is 9.89. The summed E-state index contributed by atoms with van der Waals surface area (Å²) >= 11 is 0. The van der Waals surface area contributed by atoms with Gasteiger partial charge in [-0.05, 0) is 30.2 Å². The molecular formula is C16H15FO3. The van der Waals surface area contributed by atoms with Crippen LogP contribution in [0.2, 0.25) is 0 Å². The molecule has 0 aromatic heterocycles. The second-order valence-electron chi connectivity index (χ2n) is 4.26. The normalized spacial score (nSPS) is 11.9. The minimum Gasteiger partial charge on any atom is -0.464 e. The van der Waals surface area contributed by atoms with Gasteiger partial charge in [0.15, 0.2) is 6.10 Å². The first kappa shape index (κ1) is 14.2. The maximum absolute atomic E-state index is 13.9. The molecule has 0 aliphatic heterocycles. The van der Waals surface area contributed by atoms with Crippen molar-refractivity contribution in [1.82, 2.24) is 0 Å². The fourth-order valence-electron chi connectivity index (χ4n) is 1.91. The quantitative estimate of drug-likeness (QED) is 0.871. The van der Waals surface area contributed by atoms with E-state index in [1.807, 2.05) is 6.07 Å². The molecule has 0 fully saturated rings. The van der Waals surface area contributed by atoms with Crippen LogP contribution in [-0.2, 0) is 9.53 Å². The van der Waals surface area contributed by atoms with Gasteiger partial charge in [0.1, 0.15) is 5.82 Å². The van der Waals surface area contributed by atoms with E-state index in [0.717, 1.165) is 0 Å². The molecule has 0 amide bonds. The number of carbonyl (C=O) groups is 1. The van der Waals surface area contributed by atoms with E-state index in [2.05, 4.69) is 0 Å². The van der Waals surface area contributed by atoms with E-state index < -0.39 is 17.9 Å². The lowest BCUT2D eigenvalue weighted by molar-refractivity contribution is -0.153. The molecule has 0 saturated carbocycles. The lowest BCUT2D eigenvalue weighted by Gasteiger charge is -2.12. The number of benzene rings is 2. The predicted octanol–water partition coefficient (Wildman–Crippen LogP) is 3.09. The second-order valence-corrected chi connectivity index (χ2v) is 4.26. The molecule has 4 heteroatoms. The van der Waals surface area contributed by atoms with Crippen molar-refractivity contribution in [2.45, 2.75) is 13.0 Å². The largest absolute Gasteiger partial charge is 0.464 e. The molecule has 3 nitrogen and oxygen atoms in total. The molecule has 104 valence electrons. The zero-order valence-electron chi connectivity index (χ0n) is 11.0. The van der Waals surface area contributed by atoms with Gasteiger partial charge in [-0.15, -0.1) is 0 Å². The Morgan fingerprint density at radius 2 is 1.95 bits per heavy atom. The van der Waals surface area contributed by atoms with E-state index in [0.29, 0.717) is 16.7 Å². The van der Waals surface area contributed by atoms with E-state index in [4.69, 9.17) is 4.74 Å². The highest BCUT2D eigenvalue weighted by Gasteiger charge is 2.20. The Hall–Kier alpha value is -2.20. The Labute approximate surface area is 116 Å². The fourth-order valence-corrected chi connectivity index (χ4v) is 1.91. The van der Waals surface area contributed by atoms with Gasteiger partial charge in [-0.25, -0.2) is 9.18 Å². The summed E-state index contributed by atoms with van der Waals surface area (Å²) in [6.45, 7) is 1.84. The van der Waals surface area contributed by atoms with Crippen molar-refractivity contribution >= 4 is 5.97 Å². The molecule has 0 radical (unpaired) electrons. The van der Waals surface area contributed by atoms with Crippen LogP contribution in [0.5, 0.6) is 0 Å². The minimum atomic E-state index is -1.40. The predicted molar refractivity (Wildman–Crippen MR) is 73.4 cm³/mol. The number of aliphatic hydroxyl groups excluding tert-OH is 1. The van der Waals surface area contributed by atoms with Crippen LogP contribution in [0.25, 0.3) is 11.1 Å². The van der Waals surface area contributed by atoms with Crippen molar-refractivity contribution in [1.29, 1.82) is 0 Å². The van der Waals surface area contributed by atoms with Crippen molar-refractivity contribution in [2.24, 2.45) is 0 Å². The van der Waals surface area contributed by atoms with Crippen LogP contribution in [0.1, 0.15) is 18.6 Å². The summed E-state index contributed by atoms with van der Waals surface area (Å²) in [7, 11) is 0. The van der Waals surface area contributed by atoms with Crippen LogP contribution in [0.3, 0.4) is 0 Å². The van der Waals surface area contributed by atoms with E-state index in [-0.39, 0.29) is 6.61 Å². The SMILES string of the molecule is CCOC(=O)C(O)c1ccc(F)c(-c2ccccc2)c1. The first-order valence-corrected chi connectivity index (χ1v) is 6.33. The molecule has 2 aromatic rings. The van der Waals surface area contributed by atoms with Crippen LogP contribution in [0, 0.1) is 5.82 Å². The van der Waals surface area contributed by atoms with Gasteiger partial charge in [0.2, 0.25) is 0 Å². The van der Waals surface area contributed by atoms with Gasteiger partial charge < -0.3 is 9.84 Å². The smallest absolute Gasteiger partial charge is 0.339 e. The van der Waals surface area contributed by atoms with Gasteiger partial charge in [-0.3, -0.25) is 0 Å². The summed E-state index contributed by atoms with van der Waals surface area (Å²) in [6, 6.07) is 13.0. The summed E-state index contributed by atoms with van der Waals surface area (Å²) in [5.74, 6) is -1.14. The Morgan fingerprint density at radius 1 is 1.25 bits per heavy atom. The number of rotatable bonds is 4. The zero-order chi connectivity index (χ0) is 14.5. The van der Waals surface area contributed by atoms with Crippen molar-refractivity contribution in [2.75, 3.05) is 6.61 Å². The van der Waals surface area contributed by atoms with E-state index in [1.165, 1.54) is 18.2 Å². The monoisotopic (exact) mass is 274 g/mol. The van der Waals surface area contributed by atoms with Crippen molar-refractivity contribution < 1.29 is 19.0 Å². The third-order valence-corrected chi connectivity index (χ3v) is 2.90.